The lowest BCUT2D eigenvalue weighted by Crippen LogP contribution is -2.50. The van der Waals surface area contributed by atoms with Crippen LogP contribution in [-0.2, 0) is 16.1 Å². The summed E-state index contributed by atoms with van der Waals surface area (Å²) in [5.74, 6) is -0.716. The van der Waals surface area contributed by atoms with E-state index in [1.54, 1.807) is 48.0 Å². The molecule has 2 aromatic carbocycles. The lowest BCUT2D eigenvalue weighted by Gasteiger charge is -2.31. The first kappa shape index (κ1) is 25.7. The summed E-state index contributed by atoms with van der Waals surface area (Å²) in [4.78, 5) is 29.3. The minimum atomic E-state index is -0.644. The first-order valence-electron chi connectivity index (χ1n) is 11.1. The summed E-state index contributed by atoms with van der Waals surface area (Å²) >= 11 is 6.12. The smallest absolute Gasteiger partial charge is 0.243 e. The molecule has 0 aliphatic heterocycles. The second kappa shape index (κ2) is 13.1. The van der Waals surface area contributed by atoms with Crippen LogP contribution in [0.5, 0.6) is 0 Å². The van der Waals surface area contributed by atoms with E-state index in [0.29, 0.717) is 11.6 Å². The molecule has 1 N–H and O–H groups in total. The predicted molar refractivity (Wildman–Crippen MR) is 128 cm³/mol. The fourth-order valence-electron chi connectivity index (χ4n) is 3.41. The number of nitrogens with zero attached hydrogens (tertiary/aromatic N) is 2. The van der Waals surface area contributed by atoms with Gasteiger partial charge in [0.15, 0.2) is 0 Å². The molecule has 1 unspecified atom stereocenters. The maximum atomic E-state index is 13.2. The van der Waals surface area contributed by atoms with Crippen molar-refractivity contribution in [3.63, 3.8) is 0 Å². The van der Waals surface area contributed by atoms with Crippen molar-refractivity contribution >= 4 is 29.1 Å². The number of likely N-dealkylation sites (N-methyl/N-ethyl adjacent to an activating group) is 1. The minimum Gasteiger partial charge on any atom is -0.365 e. The zero-order valence-corrected chi connectivity index (χ0v) is 19.9. The van der Waals surface area contributed by atoms with Crippen molar-refractivity contribution in [2.75, 3.05) is 25.0 Å². The van der Waals surface area contributed by atoms with Gasteiger partial charge in [-0.25, -0.2) is 4.39 Å². The number of halogens is 2. The molecule has 1 atom stereocenters. The van der Waals surface area contributed by atoms with Crippen LogP contribution in [0.4, 0.5) is 10.1 Å². The summed E-state index contributed by atoms with van der Waals surface area (Å²) in [5, 5.41) is 3.53. The second-order valence-electron chi connectivity index (χ2n) is 8.01. The maximum absolute atomic E-state index is 13.2. The Hall–Kier alpha value is -2.60. The molecule has 2 aromatic rings. The summed E-state index contributed by atoms with van der Waals surface area (Å²) in [7, 11) is 1.77. The molecule has 0 aromatic heterocycles. The van der Waals surface area contributed by atoms with Gasteiger partial charge in [0.25, 0.3) is 0 Å². The van der Waals surface area contributed by atoms with E-state index in [0.717, 1.165) is 36.9 Å². The standard InChI is InChI=1S/C25H33ClFN3O2/c1-4-5-6-7-15-28-25(32)19(2)30(17-20-9-8-10-21(26)16-20)24(31)18-29(3)23-13-11-22(27)12-14-23/h8-14,16,19H,4-7,15,17-18H2,1-3H3,(H,28,32). The second-order valence-corrected chi connectivity index (χ2v) is 8.45. The normalized spacial score (nSPS) is 11.7. The number of rotatable bonds is 12. The zero-order chi connectivity index (χ0) is 23.5. The number of amides is 2. The molecule has 2 amide bonds. The number of benzene rings is 2. The van der Waals surface area contributed by atoms with Gasteiger partial charge in [0.1, 0.15) is 11.9 Å². The molecule has 7 heteroatoms. The van der Waals surface area contributed by atoms with Gasteiger partial charge < -0.3 is 15.1 Å². The molecule has 0 spiro atoms. The summed E-state index contributed by atoms with van der Waals surface area (Å²) < 4.78 is 13.2. The number of hydrogen-bond acceptors (Lipinski definition) is 3. The fourth-order valence-corrected chi connectivity index (χ4v) is 3.62. The predicted octanol–water partition coefficient (Wildman–Crippen LogP) is 5.03. The van der Waals surface area contributed by atoms with E-state index in [2.05, 4.69) is 12.2 Å². The lowest BCUT2D eigenvalue weighted by atomic mass is 10.1. The molecular formula is C25H33ClFN3O2. The van der Waals surface area contributed by atoms with Crippen LogP contribution < -0.4 is 10.2 Å². The average Bonchev–Trinajstić information content (AvgIpc) is 2.77. The monoisotopic (exact) mass is 461 g/mol. The van der Waals surface area contributed by atoms with Gasteiger partial charge in [-0.3, -0.25) is 9.59 Å². The van der Waals surface area contributed by atoms with Gasteiger partial charge >= 0.3 is 0 Å². The Kier molecular flexibility index (Phi) is 10.5. The maximum Gasteiger partial charge on any atom is 0.243 e. The average molecular weight is 462 g/mol. The molecule has 0 heterocycles. The van der Waals surface area contributed by atoms with Crippen LogP contribution in [0.1, 0.15) is 45.1 Å². The van der Waals surface area contributed by atoms with Crippen molar-refractivity contribution in [3.8, 4) is 0 Å². The highest BCUT2D eigenvalue weighted by Crippen LogP contribution is 2.17. The summed E-state index contributed by atoms with van der Waals surface area (Å²) in [6, 6.07) is 12.6. The van der Waals surface area contributed by atoms with Gasteiger partial charge in [0.2, 0.25) is 11.8 Å². The quantitative estimate of drug-likeness (QED) is 0.451. The largest absolute Gasteiger partial charge is 0.365 e. The first-order chi connectivity index (χ1) is 15.3. The summed E-state index contributed by atoms with van der Waals surface area (Å²) in [6.07, 6.45) is 4.26. The molecule has 0 fully saturated rings. The Morgan fingerprint density at radius 2 is 1.81 bits per heavy atom. The van der Waals surface area contributed by atoms with Gasteiger partial charge in [-0.05, 0) is 55.3 Å². The van der Waals surface area contributed by atoms with E-state index >= 15 is 0 Å². The number of anilines is 1. The van der Waals surface area contributed by atoms with E-state index in [1.165, 1.54) is 12.1 Å². The number of nitrogens with one attached hydrogen (secondary N) is 1. The minimum absolute atomic E-state index is 0.0559. The first-order valence-corrected chi connectivity index (χ1v) is 11.5. The Morgan fingerprint density at radius 1 is 1.09 bits per heavy atom. The van der Waals surface area contributed by atoms with Crippen molar-refractivity contribution in [1.29, 1.82) is 0 Å². The Balaban J connectivity index is 2.10. The molecule has 5 nitrogen and oxygen atoms in total. The van der Waals surface area contributed by atoms with Gasteiger partial charge in [-0.15, -0.1) is 0 Å². The Bertz CT molecular complexity index is 876. The van der Waals surface area contributed by atoms with E-state index in [-0.39, 0.29) is 30.7 Å². The van der Waals surface area contributed by atoms with Crippen LogP contribution in [0.2, 0.25) is 5.02 Å². The molecule has 32 heavy (non-hydrogen) atoms. The molecule has 0 aliphatic rings. The molecule has 2 rings (SSSR count). The van der Waals surface area contributed by atoms with Crippen molar-refractivity contribution in [2.45, 2.75) is 52.1 Å². The SMILES string of the molecule is CCCCCCNC(=O)C(C)N(Cc1cccc(Cl)c1)C(=O)CN(C)c1ccc(F)cc1. The highest BCUT2D eigenvalue weighted by Gasteiger charge is 2.26. The van der Waals surface area contributed by atoms with Crippen LogP contribution >= 0.6 is 11.6 Å². The third kappa shape index (κ3) is 8.15. The Morgan fingerprint density at radius 3 is 2.47 bits per heavy atom. The van der Waals surface area contributed by atoms with Crippen molar-refractivity contribution in [2.24, 2.45) is 0 Å². The van der Waals surface area contributed by atoms with Crippen LogP contribution in [-0.4, -0.2) is 42.9 Å². The van der Waals surface area contributed by atoms with Gasteiger partial charge in [-0.2, -0.15) is 0 Å². The molecule has 0 radical (unpaired) electrons. The number of hydrogen-bond donors (Lipinski definition) is 1. The van der Waals surface area contributed by atoms with Crippen molar-refractivity contribution in [1.82, 2.24) is 10.2 Å². The molecule has 0 bridgehead atoms. The third-order valence-corrected chi connectivity index (χ3v) is 5.61. The van der Waals surface area contributed by atoms with Gasteiger partial charge in [-0.1, -0.05) is 49.9 Å². The van der Waals surface area contributed by atoms with E-state index in [1.807, 2.05) is 12.1 Å². The van der Waals surface area contributed by atoms with Gasteiger partial charge in [0, 0.05) is 30.8 Å². The topological polar surface area (TPSA) is 52.7 Å². The van der Waals surface area contributed by atoms with Crippen LogP contribution in [0.25, 0.3) is 0 Å². The molecule has 174 valence electrons. The van der Waals surface area contributed by atoms with Crippen molar-refractivity contribution in [3.05, 3.63) is 64.9 Å². The highest BCUT2D eigenvalue weighted by atomic mass is 35.5. The van der Waals surface area contributed by atoms with E-state index < -0.39 is 6.04 Å². The zero-order valence-electron chi connectivity index (χ0n) is 19.1. The van der Waals surface area contributed by atoms with Crippen LogP contribution in [0.15, 0.2) is 48.5 Å². The lowest BCUT2D eigenvalue weighted by molar-refractivity contribution is -0.139. The fraction of sp³-hybridized carbons (Fsp3) is 0.440. The number of carbonyl (C=O) groups excluding carboxylic acids is 2. The van der Waals surface area contributed by atoms with Crippen LogP contribution in [0, 0.1) is 5.82 Å². The third-order valence-electron chi connectivity index (χ3n) is 5.38. The molecule has 0 saturated heterocycles. The molecule has 0 saturated carbocycles. The van der Waals surface area contributed by atoms with Gasteiger partial charge in [0.05, 0.1) is 6.54 Å². The summed E-state index contributed by atoms with van der Waals surface area (Å²) in [6.45, 7) is 4.80. The Labute approximate surface area is 195 Å². The van der Waals surface area contributed by atoms with Crippen molar-refractivity contribution < 1.29 is 14.0 Å². The van der Waals surface area contributed by atoms with Crippen LogP contribution in [0.3, 0.4) is 0 Å². The van der Waals surface area contributed by atoms with E-state index in [9.17, 15) is 14.0 Å². The number of carbonyl (C=O) groups is 2. The molecule has 0 aliphatic carbocycles. The highest BCUT2D eigenvalue weighted by molar-refractivity contribution is 6.30. The summed E-state index contributed by atoms with van der Waals surface area (Å²) in [5.41, 5.74) is 1.56. The van der Waals surface area contributed by atoms with E-state index in [4.69, 9.17) is 11.6 Å². The number of unbranched alkanes of at least 4 members (excludes halogenated alkanes) is 3. The molecular weight excluding hydrogens is 429 g/mol.